The fourth-order valence-corrected chi connectivity index (χ4v) is 1.85. The van der Waals surface area contributed by atoms with Gasteiger partial charge in [-0.05, 0) is 31.2 Å². The Balaban J connectivity index is 1.82. The Morgan fingerprint density at radius 2 is 2.25 bits per heavy atom. The molecule has 3 nitrogen and oxygen atoms in total. The van der Waals surface area contributed by atoms with Crippen molar-refractivity contribution in [1.82, 2.24) is 4.98 Å². The van der Waals surface area contributed by atoms with Gasteiger partial charge in [0.05, 0.1) is 0 Å². The van der Waals surface area contributed by atoms with Crippen molar-refractivity contribution in [2.45, 2.75) is 32.6 Å². The van der Waals surface area contributed by atoms with Gasteiger partial charge < -0.3 is 10.6 Å². The van der Waals surface area contributed by atoms with E-state index in [-0.39, 0.29) is 0 Å². The van der Waals surface area contributed by atoms with Crippen LogP contribution < -0.4 is 10.6 Å². The van der Waals surface area contributed by atoms with Crippen molar-refractivity contribution in [3.8, 4) is 0 Å². The third kappa shape index (κ3) is 3.12. The molecule has 1 aromatic heterocycles. The van der Waals surface area contributed by atoms with Crippen LogP contribution in [0, 0.1) is 5.92 Å². The molecule has 88 valence electrons. The first kappa shape index (κ1) is 11.2. The van der Waals surface area contributed by atoms with Gasteiger partial charge in [0.25, 0.3) is 0 Å². The maximum absolute atomic E-state index is 4.29. The van der Waals surface area contributed by atoms with Crippen LogP contribution in [0.1, 0.15) is 32.6 Å². The van der Waals surface area contributed by atoms with Crippen LogP contribution in [0.25, 0.3) is 0 Å². The Bertz CT molecular complexity index is 321. The average Bonchev–Trinajstić information content (AvgIpc) is 2.25. The van der Waals surface area contributed by atoms with Gasteiger partial charge >= 0.3 is 0 Å². The zero-order chi connectivity index (χ0) is 11.2. The quantitative estimate of drug-likeness (QED) is 0.772. The van der Waals surface area contributed by atoms with E-state index >= 15 is 0 Å². The van der Waals surface area contributed by atoms with Crippen LogP contribution in [0.5, 0.6) is 0 Å². The van der Waals surface area contributed by atoms with E-state index in [4.69, 9.17) is 0 Å². The molecule has 16 heavy (non-hydrogen) atoms. The summed E-state index contributed by atoms with van der Waals surface area (Å²) in [5.74, 6) is 1.86. The molecule has 0 bridgehead atoms. The summed E-state index contributed by atoms with van der Waals surface area (Å²) >= 11 is 0. The van der Waals surface area contributed by atoms with Crippen molar-refractivity contribution in [3.05, 3.63) is 18.3 Å². The largest absolute Gasteiger partial charge is 0.385 e. The Morgan fingerprint density at radius 3 is 2.94 bits per heavy atom. The minimum Gasteiger partial charge on any atom is -0.385 e. The van der Waals surface area contributed by atoms with E-state index in [1.54, 1.807) is 0 Å². The second-order valence-electron chi connectivity index (χ2n) is 4.53. The van der Waals surface area contributed by atoms with E-state index in [0.29, 0.717) is 0 Å². The third-order valence-electron chi connectivity index (χ3n) is 3.14. The smallest absolute Gasteiger partial charge is 0.127 e. The summed E-state index contributed by atoms with van der Waals surface area (Å²) in [5, 5.41) is 6.78. The summed E-state index contributed by atoms with van der Waals surface area (Å²) < 4.78 is 0. The summed E-state index contributed by atoms with van der Waals surface area (Å²) in [7, 11) is 0. The van der Waals surface area contributed by atoms with Crippen LogP contribution in [0.15, 0.2) is 18.3 Å². The molecule has 0 unspecified atom stereocenters. The highest BCUT2D eigenvalue weighted by atomic mass is 15.0. The Kier molecular flexibility index (Phi) is 4.03. The molecule has 0 saturated heterocycles. The molecule has 0 spiro atoms. The molecule has 2 N–H and O–H groups in total. The summed E-state index contributed by atoms with van der Waals surface area (Å²) in [5.41, 5.74) is 1.18. The normalized spacial score (nSPS) is 15.6. The predicted octanol–water partition coefficient (Wildman–Crippen LogP) is 3.12. The van der Waals surface area contributed by atoms with Crippen LogP contribution in [0.2, 0.25) is 0 Å². The molecule has 1 heterocycles. The number of hydrogen-bond donors (Lipinski definition) is 2. The van der Waals surface area contributed by atoms with Crippen molar-refractivity contribution >= 4 is 11.5 Å². The summed E-state index contributed by atoms with van der Waals surface area (Å²) in [6.45, 7) is 4.25. The lowest BCUT2D eigenvalue weighted by Gasteiger charge is -2.25. The lowest BCUT2D eigenvalue weighted by Crippen LogP contribution is -2.20. The number of pyridine rings is 1. The van der Waals surface area contributed by atoms with Crippen LogP contribution in [-0.2, 0) is 0 Å². The van der Waals surface area contributed by atoms with Crippen molar-refractivity contribution in [1.29, 1.82) is 0 Å². The van der Waals surface area contributed by atoms with E-state index in [1.165, 1.54) is 24.9 Å². The standard InChI is InChI=1S/C13H21N3/c1-2-7-14-13-9-12(6-8-15-13)16-10-11-4-3-5-11/h6,8-9,11H,2-5,7,10H2,1H3,(H2,14,15,16). The number of anilines is 2. The number of hydrogen-bond acceptors (Lipinski definition) is 3. The molecule has 0 radical (unpaired) electrons. The van der Waals surface area contributed by atoms with Gasteiger partial charge in [0.15, 0.2) is 0 Å². The Hall–Kier alpha value is -1.25. The molecule has 0 aliphatic heterocycles. The zero-order valence-electron chi connectivity index (χ0n) is 10.00. The zero-order valence-corrected chi connectivity index (χ0v) is 10.00. The van der Waals surface area contributed by atoms with Gasteiger partial charge in [0, 0.05) is 31.0 Å². The van der Waals surface area contributed by atoms with Gasteiger partial charge in [-0.1, -0.05) is 13.3 Å². The molecule has 1 fully saturated rings. The Morgan fingerprint density at radius 1 is 1.38 bits per heavy atom. The number of nitrogens with zero attached hydrogens (tertiary/aromatic N) is 1. The molecule has 1 aliphatic carbocycles. The molecule has 1 aliphatic rings. The molecule has 3 heteroatoms. The average molecular weight is 219 g/mol. The maximum atomic E-state index is 4.29. The number of rotatable bonds is 6. The van der Waals surface area contributed by atoms with Crippen LogP contribution in [0.4, 0.5) is 11.5 Å². The topological polar surface area (TPSA) is 37.0 Å². The van der Waals surface area contributed by atoms with Crippen molar-refractivity contribution in [3.63, 3.8) is 0 Å². The molecule has 0 amide bonds. The highest BCUT2D eigenvalue weighted by Gasteiger charge is 2.16. The van der Waals surface area contributed by atoms with E-state index < -0.39 is 0 Å². The van der Waals surface area contributed by atoms with Crippen molar-refractivity contribution < 1.29 is 0 Å². The molecule has 1 aromatic rings. The SMILES string of the molecule is CCCNc1cc(NCC2CCC2)ccn1. The monoisotopic (exact) mass is 219 g/mol. The van der Waals surface area contributed by atoms with E-state index in [2.05, 4.69) is 28.6 Å². The number of nitrogens with one attached hydrogen (secondary N) is 2. The van der Waals surface area contributed by atoms with Gasteiger partial charge in [-0.25, -0.2) is 4.98 Å². The predicted molar refractivity (Wildman–Crippen MR) is 68.8 cm³/mol. The minimum absolute atomic E-state index is 0.889. The van der Waals surface area contributed by atoms with Crippen molar-refractivity contribution in [2.24, 2.45) is 5.92 Å². The molecular weight excluding hydrogens is 198 g/mol. The first-order valence-corrected chi connectivity index (χ1v) is 6.32. The molecule has 0 aromatic carbocycles. The molecular formula is C13H21N3. The van der Waals surface area contributed by atoms with E-state index in [0.717, 1.165) is 31.2 Å². The first-order chi connectivity index (χ1) is 7.88. The third-order valence-corrected chi connectivity index (χ3v) is 3.14. The van der Waals surface area contributed by atoms with Crippen molar-refractivity contribution in [2.75, 3.05) is 23.7 Å². The molecule has 0 atom stereocenters. The van der Waals surface area contributed by atoms with Gasteiger partial charge in [0.1, 0.15) is 5.82 Å². The fraction of sp³-hybridized carbons (Fsp3) is 0.615. The lowest BCUT2D eigenvalue weighted by molar-refractivity contribution is 0.333. The summed E-state index contributed by atoms with van der Waals surface area (Å²) in [4.78, 5) is 4.29. The van der Waals surface area contributed by atoms with Gasteiger partial charge in [0.2, 0.25) is 0 Å². The summed E-state index contributed by atoms with van der Waals surface area (Å²) in [6.07, 6.45) is 7.17. The lowest BCUT2D eigenvalue weighted by atomic mass is 9.85. The maximum Gasteiger partial charge on any atom is 0.127 e. The minimum atomic E-state index is 0.889. The molecule has 2 rings (SSSR count). The summed E-state index contributed by atoms with van der Waals surface area (Å²) in [6, 6.07) is 4.13. The van der Waals surface area contributed by atoms with E-state index in [9.17, 15) is 0 Å². The second-order valence-corrected chi connectivity index (χ2v) is 4.53. The van der Waals surface area contributed by atoms with Gasteiger partial charge in [-0.15, -0.1) is 0 Å². The van der Waals surface area contributed by atoms with Crippen LogP contribution in [0.3, 0.4) is 0 Å². The Labute approximate surface area is 97.7 Å². The van der Waals surface area contributed by atoms with Crippen LogP contribution in [-0.4, -0.2) is 18.1 Å². The van der Waals surface area contributed by atoms with Gasteiger partial charge in [-0.3, -0.25) is 0 Å². The number of aromatic nitrogens is 1. The highest BCUT2D eigenvalue weighted by Crippen LogP contribution is 2.26. The molecule has 1 saturated carbocycles. The van der Waals surface area contributed by atoms with Crippen LogP contribution >= 0.6 is 0 Å². The second kappa shape index (κ2) is 5.73. The van der Waals surface area contributed by atoms with Gasteiger partial charge in [-0.2, -0.15) is 0 Å². The highest BCUT2D eigenvalue weighted by molar-refractivity contribution is 5.51. The van der Waals surface area contributed by atoms with E-state index in [1.807, 2.05) is 12.3 Å². The first-order valence-electron chi connectivity index (χ1n) is 6.32. The fourth-order valence-electron chi connectivity index (χ4n) is 1.85.